The number of ether oxygens (including phenoxy) is 2. The number of carbonyl (C=O) groups excluding carboxylic acids is 3. The van der Waals surface area contributed by atoms with Gasteiger partial charge in [-0.15, -0.1) is 0 Å². The van der Waals surface area contributed by atoms with Crippen LogP contribution in [0.25, 0.3) is 5.76 Å². The molecule has 0 spiro atoms. The Kier molecular flexibility index (Phi) is 7.60. The highest BCUT2D eigenvalue weighted by atomic mass is 79.9. The lowest BCUT2D eigenvalue weighted by Crippen LogP contribution is -2.29. The molecule has 1 aromatic heterocycles. The molecule has 0 aliphatic carbocycles. The minimum Gasteiger partial charge on any atom is -0.507 e. The normalized spacial score (nSPS) is 16.6. The molecule has 0 radical (unpaired) electrons. The molecule has 190 valence electrons. The molecular formula is C27H23BrN2O6S. The molecule has 2 aromatic carbocycles. The zero-order valence-electron chi connectivity index (χ0n) is 20.3. The number of rotatable bonds is 7. The standard InChI is InChI=1S/C27H23BrN2O6S/c1-5-11-36-26(34)24-15(3)29-27(37-24)30-21(16-7-6-8-17(28)13-16)20(23(32)25(30)33)22(31)19-10-9-18(35-4)12-14(19)2/h5-10,12-13,21,31H,1,11H2,2-4H3/b22-20+. The zero-order valence-corrected chi connectivity index (χ0v) is 22.7. The van der Waals surface area contributed by atoms with Crippen molar-refractivity contribution in [2.75, 3.05) is 18.6 Å². The molecule has 8 nitrogen and oxygen atoms in total. The zero-order chi connectivity index (χ0) is 26.9. The van der Waals surface area contributed by atoms with E-state index in [0.29, 0.717) is 28.1 Å². The highest BCUT2D eigenvalue weighted by Crippen LogP contribution is 2.44. The molecule has 0 saturated carbocycles. The van der Waals surface area contributed by atoms with E-state index in [1.807, 2.05) is 6.07 Å². The van der Waals surface area contributed by atoms with Crippen molar-refractivity contribution in [1.29, 1.82) is 0 Å². The minimum absolute atomic E-state index is 0.0231. The number of esters is 1. The minimum atomic E-state index is -0.985. The number of aliphatic hydroxyl groups excluding tert-OH is 1. The first kappa shape index (κ1) is 26.3. The average molecular weight is 583 g/mol. The van der Waals surface area contributed by atoms with Crippen LogP contribution in [0.5, 0.6) is 5.75 Å². The van der Waals surface area contributed by atoms with Crippen LogP contribution >= 0.6 is 27.3 Å². The molecular weight excluding hydrogens is 560 g/mol. The molecule has 0 bridgehead atoms. The number of carbonyl (C=O) groups is 3. The summed E-state index contributed by atoms with van der Waals surface area (Å²) < 4.78 is 11.1. The lowest BCUT2D eigenvalue weighted by Gasteiger charge is -2.23. The largest absolute Gasteiger partial charge is 0.507 e. The van der Waals surface area contributed by atoms with Crippen molar-refractivity contribution in [3.8, 4) is 5.75 Å². The Morgan fingerprint density at radius 2 is 2.00 bits per heavy atom. The Labute approximate surface area is 226 Å². The van der Waals surface area contributed by atoms with E-state index < -0.39 is 23.7 Å². The number of hydrogen-bond donors (Lipinski definition) is 1. The second-order valence-corrected chi connectivity index (χ2v) is 10.1. The van der Waals surface area contributed by atoms with Crippen LogP contribution in [-0.2, 0) is 14.3 Å². The maximum atomic E-state index is 13.4. The van der Waals surface area contributed by atoms with E-state index in [4.69, 9.17) is 9.47 Å². The third-order valence-corrected chi connectivity index (χ3v) is 7.44. The van der Waals surface area contributed by atoms with Gasteiger partial charge in [-0.25, -0.2) is 9.78 Å². The summed E-state index contributed by atoms with van der Waals surface area (Å²) >= 11 is 4.38. The number of thiazole rings is 1. The number of aryl methyl sites for hydroxylation is 2. The van der Waals surface area contributed by atoms with Crippen LogP contribution in [0.15, 0.2) is 65.2 Å². The number of aromatic nitrogens is 1. The van der Waals surface area contributed by atoms with Gasteiger partial charge in [0.05, 0.1) is 24.4 Å². The van der Waals surface area contributed by atoms with E-state index in [9.17, 15) is 19.5 Å². The van der Waals surface area contributed by atoms with Crippen molar-refractivity contribution in [3.05, 3.63) is 92.4 Å². The molecule has 1 saturated heterocycles. The van der Waals surface area contributed by atoms with Crippen LogP contribution in [0.2, 0.25) is 0 Å². The molecule has 1 fully saturated rings. The van der Waals surface area contributed by atoms with Crippen LogP contribution in [0.1, 0.15) is 38.1 Å². The Bertz CT molecular complexity index is 1460. The molecule has 3 aromatic rings. The van der Waals surface area contributed by atoms with Crippen molar-refractivity contribution in [2.24, 2.45) is 0 Å². The van der Waals surface area contributed by atoms with Crippen molar-refractivity contribution in [1.82, 2.24) is 4.98 Å². The molecule has 1 aliphatic rings. The Hall–Kier alpha value is -3.76. The quantitative estimate of drug-likeness (QED) is 0.129. The van der Waals surface area contributed by atoms with E-state index in [1.165, 1.54) is 18.1 Å². The fraction of sp³-hybridized carbons (Fsp3) is 0.185. The van der Waals surface area contributed by atoms with Gasteiger partial charge >= 0.3 is 11.9 Å². The van der Waals surface area contributed by atoms with Crippen molar-refractivity contribution < 1.29 is 29.0 Å². The smallest absolute Gasteiger partial charge is 0.350 e. The van der Waals surface area contributed by atoms with Gasteiger partial charge in [-0.1, -0.05) is 52.1 Å². The monoisotopic (exact) mass is 582 g/mol. The van der Waals surface area contributed by atoms with E-state index in [2.05, 4.69) is 27.5 Å². The highest BCUT2D eigenvalue weighted by Gasteiger charge is 2.48. The molecule has 1 aliphatic heterocycles. The van der Waals surface area contributed by atoms with Gasteiger partial charge < -0.3 is 14.6 Å². The van der Waals surface area contributed by atoms with Gasteiger partial charge in [0, 0.05) is 10.0 Å². The summed E-state index contributed by atoms with van der Waals surface area (Å²) in [5.74, 6) is -2.05. The van der Waals surface area contributed by atoms with Crippen LogP contribution in [0, 0.1) is 13.8 Å². The Morgan fingerprint density at radius 3 is 2.65 bits per heavy atom. The number of ketones is 1. The van der Waals surface area contributed by atoms with Crippen LogP contribution in [0.4, 0.5) is 5.13 Å². The first-order valence-electron chi connectivity index (χ1n) is 11.1. The number of amides is 1. The fourth-order valence-electron chi connectivity index (χ4n) is 4.07. The summed E-state index contributed by atoms with van der Waals surface area (Å²) in [6.07, 6.45) is 1.45. The maximum Gasteiger partial charge on any atom is 0.350 e. The topological polar surface area (TPSA) is 106 Å². The van der Waals surface area contributed by atoms with Crippen LogP contribution < -0.4 is 9.64 Å². The van der Waals surface area contributed by atoms with Crippen molar-refractivity contribution in [3.63, 3.8) is 0 Å². The summed E-state index contributed by atoms with van der Waals surface area (Å²) in [6, 6.07) is 11.1. The third kappa shape index (κ3) is 4.94. The summed E-state index contributed by atoms with van der Waals surface area (Å²) in [7, 11) is 1.53. The van der Waals surface area contributed by atoms with Gasteiger partial charge in [0.2, 0.25) is 0 Å². The lowest BCUT2D eigenvalue weighted by molar-refractivity contribution is -0.132. The van der Waals surface area contributed by atoms with Gasteiger partial charge in [0.25, 0.3) is 5.78 Å². The number of nitrogens with zero attached hydrogens (tertiary/aromatic N) is 2. The van der Waals surface area contributed by atoms with Crippen molar-refractivity contribution in [2.45, 2.75) is 19.9 Å². The van der Waals surface area contributed by atoms with E-state index in [0.717, 1.165) is 15.8 Å². The molecule has 1 unspecified atom stereocenters. The second kappa shape index (κ2) is 10.7. The molecule has 10 heteroatoms. The highest BCUT2D eigenvalue weighted by molar-refractivity contribution is 9.10. The van der Waals surface area contributed by atoms with E-state index in [1.54, 1.807) is 50.2 Å². The van der Waals surface area contributed by atoms with Crippen LogP contribution in [0.3, 0.4) is 0 Å². The maximum absolute atomic E-state index is 13.4. The second-order valence-electron chi connectivity index (χ2n) is 8.20. The average Bonchev–Trinajstić information content (AvgIpc) is 3.38. The SMILES string of the molecule is C=CCOC(=O)c1sc(N2C(=O)C(=O)/C(=C(/O)c3ccc(OC)cc3C)C2c2cccc(Br)c2)nc1C. The molecule has 37 heavy (non-hydrogen) atoms. The summed E-state index contributed by atoms with van der Waals surface area (Å²) in [6.45, 7) is 6.95. The lowest BCUT2D eigenvalue weighted by atomic mass is 9.94. The molecule has 2 heterocycles. The first-order chi connectivity index (χ1) is 17.7. The fourth-order valence-corrected chi connectivity index (χ4v) is 5.47. The molecule has 1 atom stereocenters. The van der Waals surface area contributed by atoms with Crippen LogP contribution in [-0.4, -0.2) is 41.5 Å². The predicted molar refractivity (Wildman–Crippen MR) is 144 cm³/mol. The summed E-state index contributed by atoms with van der Waals surface area (Å²) in [4.78, 5) is 45.2. The number of methoxy groups -OCH3 is 1. The predicted octanol–water partition coefficient (Wildman–Crippen LogP) is 5.50. The number of anilines is 1. The number of halogens is 1. The number of benzene rings is 2. The first-order valence-corrected chi connectivity index (χ1v) is 12.8. The molecule has 4 rings (SSSR count). The van der Waals surface area contributed by atoms with Gasteiger partial charge in [-0.3, -0.25) is 14.5 Å². The molecule has 1 amide bonds. The van der Waals surface area contributed by atoms with E-state index in [-0.39, 0.29) is 27.9 Å². The Balaban J connectivity index is 1.90. The Morgan fingerprint density at radius 1 is 1.24 bits per heavy atom. The van der Waals surface area contributed by atoms with Gasteiger partial charge in [0.15, 0.2) is 5.13 Å². The number of Topliss-reactive ketones (excluding diaryl/α,β-unsaturated/α-hetero) is 1. The van der Waals surface area contributed by atoms with Gasteiger partial charge in [0.1, 0.15) is 23.0 Å². The summed E-state index contributed by atoms with van der Waals surface area (Å²) in [5, 5.41) is 11.5. The third-order valence-electron chi connectivity index (χ3n) is 5.81. The number of hydrogen-bond acceptors (Lipinski definition) is 8. The van der Waals surface area contributed by atoms with E-state index >= 15 is 0 Å². The van der Waals surface area contributed by atoms with Gasteiger partial charge in [-0.2, -0.15) is 0 Å². The van der Waals surface area contributed by atoms with Gasteiger partial charge in [-0.05, 0) is 55.3 Å². The van der Waals surface area contributed by atoms with Crippen molar-refractivity contribution >= 4 is 55.8 Å². The summed E-state index contributed by atoms with van der Waals surface area (Å²) in [5.41, 5.74) is 1.90. The molecule has 1 N–H and O–H groups in total. The number of aliphatic hydroxyl groups is 1.